The third kappa shape index (κ3) is 3.63. The first kappa shape index (κ1) is 16.0. The Morgan fingerprint density at radius 2 is 1.43 bits per heavy atom. The molecule has 0 aliphatic rings. The molecule has 1 atom stereocenters. The van der Waals surface area contributed by atoms with Crippen LogP contribution in [-0.4, -0.2) is 21.3 Å². The second-order valence-electron chi connectivity index (χ2n) is 4.40. The largest absolute Gasteiger partial charge is 0.497 e. The van der Waals surface area contributed by atoms with Crippen molar-refractivity contribution < 1.29 is 14.2 Å². The summed E-state index contributed by atoms with van der Waals surface area (Å²) in [6.07, 6.45) is 0. The Balaban J connectivity index is 2.41. The van der Waals surface area contributed by atoms with Gasteiger partial charge in [-0.1, -0.05) is 22.0 Å². The van der Waals surface area contributed by atoms with Crippen LogP contribution in [0.2, 0.25) is 0 Å². The summed E-state index contributed by atoms with van der Waals surface area (Å²) in [5.41, 5.74) is 1.85. The minimum Gasteiger partial charge on any atom is -0.497 e. The highest BCUT2D eigenvalue weighted by molar-refractivity contribution is 9.10. The zero-order chi connectivity index (χ0) is 15.4. The molecule has 2 aromatic carbocycles. The lowest BCUT2D eigenvalue weighted by Crippen LogP contribution is -1.97. The molecular formula is C16H16BrClO3. The van der Waals surface area contributed by atoms with Crippen molar-refractivity contribution in [1.82, 2.24) is 0 Å². The molecule has 5 heteroatoms. The summed E-state index contributed by atoms with van der Waals surface area (Å²) in [5.74, 6) is 2.19. The molecule has 0 saturated carbocycles. The van der Waals surface area contributed by atoms with E-state index in [1.165, 1.54) is 0 Å². The van der Waals surface area contributed by atoms with Gasteiger partial charge in [0.25, 0.3) is 0 Å². The fourth-order valence-electron chi connectivity index (χ4n) is 2.00. The van der Waals surface area contributed by atoms with Crippen LogP contribution >= 0.6 is 27.5 Å². The van der Waals surface area contributed by atoms with Crippen molar-refractivity contribution in [3.05, 3.63) is 52.0 Å². The van der Waals surface area contributed by atoms with E-state index in [1.807, 2.05) is 36.4 Å². The van der Waals surface area contributed by atoms with Crippen LogP contribution in [0, 0.1) is 0 Å². The first-order valence-corrected chi connectivity index (χ1v) is 7.52. The Bertz CT molecular complexity index is 609. The zero-order valence-corrected chi connectivity index (χ0v) is 14.4. The molecule has 21 heavy (non-hydrogen) atoms. The van der Waals surface area contributed by atoms with Crippen molar-refractivity contribution in [1.29, 1.82) is 0 Å². The van der Waals surface area contributed by atoms with Gasteiger partial charge in [0, 0.05) is 10.5 Å². The van der Waals surface area contributed by atoms with Gasteiger partial charge in [-0.2, -0.15) is 0 Å². The Morgan fingerprint density at radius 3 is 1.90 bits per heavy atom. The first-order chi connectivity index (χ1) is 10.1. The topological polar surface area (TPSA) is 27.7 Å². The molecule has 0 amide bonds. The van der Waals surface area contributed by atoms with Crippen LogP contribution in [-0.2, 0) is 0 Å². The SMILES string of the molecule is COc1cc(OC)cc(C(Cl)c2ccc(OC)cc2Br)c1. The highest BCUT2D eigenvalue weighted by Gasteiger charge is 2.16. The van der Waals surface area contributed by atoms with Crippen molar-refractivity contribution >= 4 is 27.5 Å². The fourth-order valence-corrected chi connectivity index (χ4v) is 3.03. The predicted octanol–water partition coefficient (Wildman–Crippen LogP) is 4.80. The van der Waals surface area contributed by atoms with Gasteiger partial charge in [-0.3, -0.25) is 0 Å². The highest BCUT2D eigenvalue weighted by Crippen LogP contribution is 2.38. The van der Waals surface area contributed by atoms with Crippen LogP contribution in [0.15, 0.2) is 40.9 Å². The summed E-state index contributed by atoms with van der Waals surface area (Å²) in [7, 11) is 4.86. The van der Waals surface area contributed by atoms with Crippen LogP contribution in [0.1, 0.15) is 16.5 Å². The van der Waals surface area contributed by atoms with Gasteiger partial charge in [-0.15, -0.1) is 11.6 Å². The molecule has 0 bridgehead atoms. The van der Waals surface area contributed by atoms with Crippen molar-refractivity contribution in [3.8, 4) is 17.2 Å². The lowest BCUT2D eigenvalue weighted by Gasteiger charge is -2.15. The minimum atomic E-state index is -0.325. The number of halogens is 2. The number of ether oxygens (including phenoxy) is 3. The molecule has 0 aromatic heterocycles. The van der Waals surface area contributed by atoms with E-state index in [9.17, 15) is 0 Å². The maximum Gasteiger partial charge on any atom is 0.122 e. The summed E-state index contributed by atoms with van der Waals surface area (Å²) in [6.45, 7) is 0. The normalized spacial score (nSPS) is 11.9. The Hall–Kier alpha value is -1.39. The lowest BCUT2D eigenvalue weighted by atomic mass is 10.0. The Kier molecular flexibility index (Phi) is 5.37. The van der Waals surface area contributed by atoms with Gasteiger partial charge in [-0.25, -0.2) is 0 Å². The van der Waals surface area contributed by atoms with Gasteiger partial charge in [-0.05, 0) is 35.4 Å². The second-order valence-corrected chi connectivity index (χ2v) is 5.69. The van der Waals surface area contributed by atoms with Gasteiger partial charge in [0.15, 0.2) is 0 Å². The third-order valence-corrected chi connectivity index (χ3v) is 4.32. The van der Waals surface area contributed by atoms with E-state index in [1.54, 1.807) is 21.3 Å². The molecule has 0 saturated heterocycles. The molecular weight excluding hydrogens is 356 g/mol. The van der Waals surface area contributed by atoms with Crippen LogP contribution in [0.3, 0.4) is 0 Å². The molecule has 0 spiro atoms. The molecule has 112 valence electrons. The predicted molar refractivity (Wildman–Crippen MR) is 87.9 cm³/mol. The first-order valence-electron chi connectivity index (χ1n) is 6.29. The summed E-state index contributed by atoms with van der Waals surface area (Å²) < 4.78 is 16.6. The third-order valence-electron chi connectivity index (χ3n) is 3.15. The van der Waals surface area contributed by atoms with Crippen molar-refractivity contribution in [2.24, 2.45) is 0 Å². The van der Waals surface area contributed by atoms with E-state index in [0.29, 0.717) is 11.5 Å². The molecule has 0 heterocycles. The number of benzene rings is 2. The number of hydrogen-bond acceptors (Lipinski definition) is 3. The summed E-state index contributed by atoms with van der Waals surface area (Å²) in [5, 5.41) is -0.325. The van der Waals surface area contributed by atoms with Gasteiger partial charge in [0.05, 0.1) is 26.7 Å². The van der Waals surface area contributed by atoms with Crippen LogP contribution < -0.4 is 14.2 Å². The van der Waals surface area contributed by atoms with Gasteiger partial charge in [0.1, 0.15) is 17.2 Å². The summed E-state index contributed by atoms with van der Waals surface area (Å²) in [6, 6.07) is 11.3. The van der Waals surface area contributed by atoms with Gasteiger partial charge in [0.2, 0.25) is 0 Å². The van der Waals surface area contributed by atoms with Crippen LogP contribution in [0.5, 0.6) is 17.2 Å². The average Bonchev–Trinajstić information content (AvgIpc) is 2.53. The smallest absolute Gasteiger partial charge is 0.122 e. The summed E-state index contributed by atoms with van der Waals surface area (Å²) >= 11 is 10.1. The fraction of sp³-hybridized carbons (Fsp3) is 0.250. The van der Waals surface area contributed by atoms with Gasteiger partial charge >= 0.3 is 0 Å². The molecule has 1 unspecified atom stereocenters. The quantitative estimate of drug-likeness (QED) is 0.706. The Labute approximate surface area is 137 Å². The molecule has 0 N–H and O–H groups in total. The molecule has 0 aliphatic heterocycles. The highest BCUT2D eigenvalue weighted by atomic mass is 79.9. The number of hydrogen-bond donors (Lipinski definition) is 0. The molecule has 0 aliphatic carbocycles. The van der Waals surface area contributed by atoms with Crippen LogP contribution in [0.25, 0.3) is 0 Å². The maximum absolute atomic E-state index is 6.61. The van der Waals surface area contributed by atoms with E-state index in [2.05, 4.69) is 15.9 Å². The van der Waals surface area contributed by atoms with Crippen molar-refractivity contribution in [2.75, 3.05) is 21.3 Å². The average molecular weight is 372 g/mol. The van der Waals surface area contributed by atoms with Gasteiger partial charge < -0.3 is 14.2 Å². The monoisotopic (exact) mass is 370 g/mol. The van der Waals surface area contributed by atoms with Crippen LogP contribution in [0.4, 0.5) is 0 Å². The minimum absolute atomic E-state index is 0.325. The lowest BCUT2D eigenvalue weighted by molar-refractivity contribution is 0.393. The van der Waals surface area contributed by atoms with Crippen molar-refractivity contribution in [2.45, 2.75) is 5.38 Å². The molecule has 3 nitrogen and oxygen atoms in total. The zero-order valence-electron chi connectivity index (χ0n) is 12.0. The number of rotatable bonds is 5. The van der Waals surface area contributed by atoms with E-state index in [-0.39, 0.29) is 5.38 Å². The molecule has 0 fully saturated rings. The van der Waals surface area contributed by atoms with E-state index < -0.39 is 0 Å². The summed E-state index contributed by atoms with van der Waals surface area (Å²) in [4.78, 5) is 0. The Morgan fingerprint density at radius 1 is 0.857 bits per heavy atom. The number of methoxy groups -OCH3 is 3. The molecule has 0 radical (unpaired) electrons. The standard InChI is InChI=1S/C16H16BrClO3/c1-19-11-4-5-14(15(17)9-11)16(18)10-6-12(20-2)8-13(7-10)21-3/h4-9,16H,1-3H3. The van der Waals surface area contributed by atoms with E-state index in [4.69, 9.17) is 25.8 Å². The van der Waals surface area contributed by atoms with Crippen molar-refractivity contribution in [3.63, 3.8) is 0 Å². The number of alkyl halides is 1. The van der Waals surface area contributed by atoms with E-state index >= 15 is 0 Å². The molecule has 2 aromatic rings. The second kappa shape index (κ2) is 7.05. The van der Waals surface area contributed by atoms with E-state index in [0.717, 1.165) is 21.3 Å². The molecule has 2 rings (SSSR count). The maximum atomic E-state index is 6.61.